The highest BCUT2D eigenvalue weighted by atomic mass is 19.4. The molecule has 236 valence electrons. The average Bonchev–Trinajstić information content (AvgIpc) is 3.43. The fourth-order valence-electron chi connectivity index (χ4n) is 6.49. The van der Waals surface area contributed by atoms with E-state index in [0.29, 0.717) is 24.3 Å². The predicted octanol–water partition coefficient (Wildman–Crippen LogP) is 5.04. The van der Waals surface area contributed by atoms with Gasteiger partial charge in [-0.05, 0) is 79.3 Å². The quantitative estimate of drug-likeness (QED) is 0.432. The SMILES string of the molecule is CN(C(=O)c1ccc(C(F)(F)F)cc1)c1ccc2c(c1)C(=O)N(C)[C@H]1CC[C@@H](CC(=O)NC3Cc4ccccc4C3)O[C@H]1CO2. The molecule has 3 aromatic rings. The molecule has 6 rings (SSSR count). The molecule has 45 heavy (non-hydrogen) atoms. The number of halogens is 3. The Hall–Kier alpha value is -4.38. The Labute approximate surface area is 259 Å². The number of ether oxygens (including phenoxy) is 2. The molecule has 0 spiro atoms. The molecule has 0 radical (unpaired) electrons. The minimum Gasteiger partial charge on any atom is -0.490 e. The molecule has 11 heteroatoms. The van der Waals surface area contributed by atoms with Gasteiger partial charge in [0.05, 0.1) is 29.7 Å². The number of anilines is 1. The van der Waals surface area contributed by atoms with Crippen LogP contribution in [0.25, 0.3) is 0 Å². The van der Waals surface area contributed by atoms with Crippen molar-refractivity contribution >= 4 is 23.4 Å². The third-order valence-corrected chi connectivity index (χ3v) is 8.98. The van der Waals surface area contributed by atoms with Crippen LogP contribution in [0.2, 0.25) is 0 Å². The first-order chi connectivity index (χ1) is 21.5. The number of likely N-dealkylation sites (N-methyl/N-ethyl adjacent to an activating group) is 1. The zero-order valence-corrected chi connectivity index (χ0v) is 25.0. The Morgan fingerprint density at radius 3 is 2.36 bits per heavy atom. The summed E-state index contributed by atoms with van der Waals surface area (Å²) >= 11 is 0. The van der Waals surface area contributed by atoms with Gasteiger partial charge in [0.2, 0.25) is 5.91 Å². The van der Waals surface area contributed by atoms with Crippen molar-refractivity contribution < 1.29 is 37.0 Å². The number of amides is 3. The first-order valence-electron chi connectivity index (χ1n) is 15.0. The highest BCUT2D eigenvalue weighted by molar-refractivity contribution is 6.07. The van der Waals surface area contributed by atoms with Gasteiger partial charge in [-0.25, -0.2) is 0 Å². The molecule has 1 aliphatic carbocycles. The highest BCUT2D eigenvalue weighted by Gasteiger charge is 2.39. The fourth-order valence-corrected chi connectivity index (χ4v) is 6.49. The zero-order chi connectivity index (χ0) is 31.9. The van der Waals surface area contributed by atoms with Crippen molar-refractivity contribution in [3.63, 3.8) is 0 Å². The number of nitrogens with zero attached hydrogens (tertiary/aromatic N) is 2. The van der Waals surface area contributed by atoms with Crippen LogP contribution in [-0.4, -0.2) is 67.6 Å². The maximum atomic E-state index is 13.7. The average molecular weight is 622 g/mol. The summed E-state index contributed by atoms with van der Waals surface area (Å²) in [4.78, 5) is 42.5. The monoisotopic (exact) mass is 621 g/mol. The predicted molar refractivity (Wildman–Crippen MR) is 160 cm³/mol. The Morgan fingerprint density at radius 1 is 1.00 bits per heavy atom. The van der Waals surface area contributed by atoms with Crippen LogP contribution in [-0.2, 0) is 28.5 Å². The summed E-state index contributed by atoms with van der Waals surface area (Å²) in [6, 6.07) is 16.8. The Morgan fingerprint density at radius 2 is 1.69 bits per heavy atom. The van der Waals surface area contributed by atoms with E-state index < -0.39 is 23.8 Å². The Kier molecular flexibility index (Phi) is 8.30. The summed E-state index contributed by atoms with van der Waals surface area (Å²) in [6.07, 6.45) is -2.13. The molecule has 2 aliphatic heterocycles. The molecule has 0 saturated carbocycles. The summed E-state index contributed by atoms with van der Waals surface area (Å²) in [7, 11) is 3.19. The van der Waals surface area contributed by atoms with E-state index in [1.54, 1.807) is 30.1 Å². The number of carbonyl (C=O) groups excluding carboxylic acids is 3. The van der Waals surface area contributed by atoms with Gasteiger partial charge < -0.3 is 24.6 Å². The maximum Gasteiger partial charge on any atom is 0.416 e. The lowest BCUT2D eigenvalue weighted by Crippen LogP contribution is -2.54. The second kappa shape index (κ2) is 12.2. The largest absolute Gasteiger partial charge is 0.490 e. The van der Waals surface area contributed by atoms with Crippen molar-refractivity contribution in [3.8, 4) is 5.75 Å². The first kappa shape index (κ1) is 30.6. The standard InChI is InChI=1S/C34H34F3N3O5/c1-39(32(42)20-7-9-23(10-8-20)34(35,36)37)25-11-14-29-27(17-25)33(43)40(2)28-13-12-26(45-30(28)19-44-29)18-31(41)38-24-15-21-5-3-4-6-22(21)16-24/h3-11,14,17,24,26,28,30H,12-13,15-16,18-19H2,1-2H3,(H,38,41)/t26-,28-,30-/m0/s1. The van der Waals surface area contributed by atoms with E-state index in [1.165, 1.54) is 23.1 Å². The second-order valence-corrected chi connectivity index (χ2v) is 11.9. The van der Waals surface area contributed by atoms with E-state index in [0.717, 1.165) is 37.1 Å². The van der Waals surface area contributed by atoms with Gasteiger partial charge in [0.15, 0.2) is 0 Å². The van der Waals surface area contributed by atoms with Crippen LogP contribution in [0.15, 0.2) is 66.7 Å². The number of rotatable bonds is 5. The molecular weight excluding hydrogens is 587 g/mol. The molecule has 1 N–H and O–H groups in total. The van der Waals surface area contributed by atoms with E-state index >= 15 is 0 Å². The summed E-state index contributed by atoms with van der Waals surface area (Å²) < 4.78 is 51.2. The van der Waals surface area contributed by atoms with Crippen LogP contribution in [0.5, 0.6) is 5.75 Å². The van der Waals surface area contributed by atoms with E-state index in [2.05, 4.69) is 17.4 Å². The first-order valence-corrected chi connectivity index (χ1v) is 15.0. The van der Waals surface area contributed by atoms with Crippen molar-refractivity contribution in [2.24, 2.45) is 0 Å². The highest BCUT2D eigenvalue weighted by Crippen LogP contribution is 2.34. The lowest BCUT2D eigenvalue weighted by atomic mass is 9.94. The number of carbonyl (C=O) groups is 3. The summed E-state index contributed by atoms with van der Waals surface area (Å²) in [5.41, 5.74) is 2.42. The summed E-state index contributed by atoms with van der Waals surface area (Å²) in [5, 5.41) is 3.15. The molecule has 0 unspecified atom stereocenters. The Bertz CT molecular complexity index is 1580. The molecular formula is C34H34F3N3O5. The topological polar surface area (TPSA) is 88.2 Å². The zero-order valence-electron chi connectivity index (χ0n) is 25.0. The van der Waals surface area contributed by atoms with Gasteiger partial charge in [-0.3, -0.25) is 14.4 Å². The molecule has 3 atom stereocenters. The molecule has 1 saturated heterocycles. The van der Waals surface area contributed by atoms with Crippen LogP contribution in [0.4, 0.5) is 18.9 Å². The normalized spacial score (nSPS) is 21.5. The van der Waals surface area contributed by atoms with Crippen LogP contribution >= 0.6 is 0 Å². The molecule has 3 amide bonds. The number of benzene rings is 3. The van der Waals surface area contributed by atoms with Gasteiger partial charge in [-0.1, -0.05) is 24.3 Å². The molecule has 2 heterocycles. The van der Waals surface area contributed by atoms with Crippen molar-refractivity contribution in [3.05, 3.63) is 94.5 Å². The lowest BCUT2D eigenvalue weighted by Gasteiger charge is -2.42. The molecule has 3 aromatic carbocycles. The fraction of sp³-hybridized carbons (Fsp3) is 0.382. The van der Waals surface area contributed by atoms with Gasteiger partial charge in [-0.15, -0.1) is 0 Å². The minimum absolute atomic E-state index is 0.0553. The maximum absolute atomic E-state index is 13.7. The summed E-state index contributed by atoms with van der Waals surface area (Å²) in [5.74, 6) is -0.559. The number of nitrogens with one attached hydrogen (secondary N) is 1. The molecule has 0 bridgehead atoms. The minimum atomic E-state index is -4.50. The smallest absolute Gasteiger partial charge is 0.416 e. The van der Waals surface area contributed by atoms with E-state index in [9.17, 15) is 27.6 Å². The third kappa shape index (κ3) is 6.40. The number of alkyl halides is 3. The number of hydrogen-bond donors (Lipinski definition) is 1. The van der Waals surface area contributed by atoms with E-state index in [1.807, 2.05) is 12.1 Å². The molecule has 1 fully saturated rings. The van der Waals surface area contributed by atoms with Gasteiger partial charge in [0.1, 0.15) is 18.5 Å². The summed E-state index contributed by atoms with van der Waals surface area (Å²) in [6.45, 7) is 0.172. The van der Waals surface area contributed by atoms with Gasteiger partial charge in [-0.2, -0.15) is 13.2 Å². The van der Waals surface area contributed by atoms with Crippen molar-refractivity contribution in [1.29, 1.82) is 0 Å². The lowest BCUT2D eigenvalue weighted by molar-refractivity contribution is -0.137. The second-order valence-electron chi connectivity index (χ2n) is 11.9. The molecule has 8 nitrogen and oxygen atoms in total. The van der Waals surface area contributed by atoms with Crippen LogP contribution in [0.1, 0.15) is 56.7 Å². The van der Waals surface area contributed by atoms with E-state index in [4.69, 9.17) is 9.47 Å². The van der Waals surface area contributed by atoms with Crippen LogP contribution in [0, 0.1) is 0 Å². The molecule has 0 aromatic heterocycles. The van der Waals surface area contributed by atoms with Gasteiger partial charge in [0.25, 0.3) is 11.8 Å². The third-order valence-electron chi connectivity index (χ3n) is 8.98. The van der Waals surface area contributed by atoms with Gasteiger partial charge >= 0.3 is 6.18 Å². The van der Waals surface area contributed by atoms with Crippen molar-refractivity contribution in [2.75, 3.05) is 25.6 Å². The van der Waals surface area contributed by atoms with Gasteiger partial charge in [0, 0.05) is 31.4 Å². The van der Waals surface area contributed by atoms with Crippen molar-refractivity contribution in [2.45, 2.75) is 62.6 Å². The molecule has 3 aliphatic rings. The van der Waals surface area contributed by atoms with Crippen molar-refractivity contribution in [1.82, 2.24) is 10.2 Å². The van der Waals surface area contributed by atoms with E-state index in [-0.39, 0.29) is 54.2 Å². The number of hydrogen-bond acceptors (Lipinski definition) is 5. The van der Waals surface area contributed by atoms with Crippen LogP contribution < -0.4 is 15.0 Å². The van der Waals surface area contributed by atoms with Crippen LogP contribution in [0.3, 0.4) is 0 Å². The number of fused-ring (bicyclic) bond motifs is 3. The Balaban J connectivity index is 1.10.